The largest absolute Gasteiger partial charge is 0.315 e. The van der Waals surface area contributed by atoms with E-state index < -0.39 is 10.0 Å². The van der Waals surface area contributed by atoms with Crippen molar-refractivity contribution in [3.05, 3.63) is 35.3 Å². The Hall–Kier alpha value is -1.93. The third kappa shape index (κ3) is 2.16. The summed E-state index contributed by atoms with van der Waals surface area (Å²) in [6.07, 6.45) is 1.76. The molecule has 8 heteroatoms. The number of aromatic nitrogens is 1. The van der Waals surface area contributed by atoms with Crippen molar-refractivity contribution in [2.75, 3.05) is 16.7 Å². The van der Waals surface area contributed by atoms with Gasteiger partial charge in [0.2, 0.25) is 5.91 Å². The highest BCUT2D eigenvalue weighted by Gasteiger charge is 2.26. The molecule has 0 saturated heterocycles. The predicted octanol–water partition coefficient (Wildman–Crippen LogP) is 1.46. The smallest absolute Gasteiger partial charge is 0.263 e. The third-order valence-electron chi connectivity index (χ3n) is 3.09. The number of anilines is 2. The van der Waals surface area contributed by atoms with E-state index >= 15 is 0 Å². The second-order valence-corrected chi connectivity index (χ2v) is 6.94. The van der Waals surface area contributed by atoms with E-state index in [0.29, 0.717) is 5.13 Å². The molecule has 1 aromatic heterocycles. The number of carbonyl (C=O) groups is 1. The number of carbonyl (C=O) groups excluding carboxylic acids is 1. The number of rotatable bonds is 3. The third-order valence-corrected chi connectivity index (χ3v) is 5.25. The average molecular weight is 309 g/mol. The lowest BCUT2D eigenvalue weighted by Crippen LogP contribution is -2.20. The molecule has 0 unspecified atom stereocenters. The second-order valence-electron chi connectivity index (χ2n) is 4.36. The number of nitrogens with zero attached hydrogens (tertiary/aromatic N) is 2. The maximum atomic E-state index is 12.2. The van der Waals surface area contributed by atoms with Crippen molar-refractivity contribution >= 4 is 38.1 Å². The standard InChI is InChI=1S/C12H11N3O3S2/c1-15-10-3-2-9(6-8(10)7-11(15)16)20(17,18)14-12-13-4-5-19-12/h2-6H,7H2,1H3,(H,13,14). The van der Waals surface area contributed by atoms with Gasteiger partial charge in [-0.2, -0.15) is 0 Å². The Morgan fingerprint density at radius 1 is 1.40 bits per heavy atom. The fraction of sp³-hybridized carbons (Fsp3) is 0.167. The van der Waals surface area contributed by atoms with E-state index in [1.54, 1.807) is 18.5 Å². The summed E-state index contributed by atoms with van der Waals surface area (Å²) in [5.41, 5.74) is 1.47. The molecule has 1 N–H and O–H groups in total. The van der Waals surface area contributed by atoms with Crippen LogP contribution in [0.1, 0.15) is 5.56 Å². The first-order valence-corrected chi connectivity index (χ1v) is 8.15. The van der Waals surface area contributed by atoms with Crippen molar-refractivity contribution < 1.29 is 13.2 Å². The van der Waals surface area contributed by atoms with Crippen molar-refractivity contribution in [2.24, 2.45) is 0 Å². The quantitative estimate of drug-likeness (QED) is 0.931. The zero-order chi connectivity index (χ0) is 14.3. The number of hydrogen-bond acceptors (Lipinski definition) is 5. The summed E-state index contributed by atoms with van der Waals surface area (Å²) in [6.45, 7) is 0. The highest BCUT2D eigenvalue weighted by Crippen LogP contribution is 2.30. The van der Waals surface area contributed by atoms with Crippen LogP contribution >= 0.6 is 11.3 Å². The van der Waals surface area contributed by atoms with Crippen molar-refractivity contribution in [2.45, 2.75) is 11.3 Å². The number of likely N-dealkylation sites (N-methyl/N-ethyl adjacent to an activating group) is 1. The van der Waals surface area contributed by atoms with Gasteiger partial charge in [0.05, 0.1) is 11.3 Å². The Balaban J connectivity index is 1.96. The van der Waals surface area contributed by atoms with Crippen LogP contribution < -0.4 is 9.62 Å². The van der Waals surface area contributed by atoms with Crippen LogP contribution in [0.25, 0.3) is 0 Å². The molecule has 0 radical (unpaired) electrons. The Bertz CT molecular complexity index is 769. The number of thiazole rings is 1. The van der Waals surface area contributed by atoms with Crippen molar-refractivity contribution in [1.29, 1.82) is 0 Å². The number of nitrogens with one attached hydrogen (secondary N) is 1. The molecule has 0 saturated carbocycles. The Labute approximate surface area is 120 Å². The molecule has 1 aromatic carbocycles. The van der Waals surface area contributed by atoms with E-state index in [1.165, 1.54) is 34.6 Å². The highest BCUT2D eigenvalue weighted by atomic mass is 32.2. The van der Waals surface area contributed by atoms with Crippen molar-refractivity contribution in [3.8, 4) is 0 Å². The first kappa shape index (κ1) is 13.1. The van der Waals surface area contributed by atoms with E-state index in [2.05, 4.69) is 9.71 Å². The zero-order valence-electron chi connectivity index (χ0n) is 10.5. The lowest BCUT2D eigenvalue weighted by molar-refractivity contribution is -0.117. The lowest BCUT2D eigenvalue weighted by atomic mass is 10.2. The zero-order valence-corrected chi connectivity index (χ0v) is 12.2. The van der Waals surface area contributed by atoms with Crippen LogP contribution in [-0.4, -0.2) is 26.4 Å². The summed E-state index contributed by atoms with van der Waals surface area (Å²) in [6, 6.07) is 4.67. The van der Waals surface area contributed by atoms with Crippen LogP contribution in [-0.2, 0) is 21.2 Å². The fourth-order valence-corrected chi connectivity index (χ4v) is 3.90. The van der Waals surface area contributed by atoms with Gasteiger partial charge >= 0.3 is 0 Å². The number of hydrogen-bond donors (Lipinski definition) is 1. The minimum atomic E-state index is -3.67. The molecular weight excluding hydrogens is 298 g/mol. The number of fused-ring (bicyclic) bond motifs is 1. The molecule has 0 aliphatic carbocycles. The summed E-state index contributed by atoms with van der Waals surface area (Å²) < 4.78 is 26.8. The van der Waals surface area contributed by atoms with E-state index in [9.17, 15) is 13.2 Å². The van der Waals surface area contributed by atoms with Gasteiger partial charge in [0.25, 0.3) is 10.0 Å². The molecule has 1 aliphatic rings. The Morgan fingerprint density at radius 2 is 2.20 bits per heavy atom. The molecule has 0 bridgehead atoms. The van der Waals surface area contributed by atoms with Crippen molar-refractivity contribution in [3.63, 3.8) is 0 Å². The summed E-state index contributed by atoms with van der Waals surface area (Å²) in [5.74, 6) is -0.0394. The Kier molecular flexibility index (Phi) is 2.98. The lowest BCUT2D eigenvalue weighted by Gasteiger charge is -2.11. The van der Waals surface area contributed by atoms with E-state index in [4.69, 9.17) is 0 Å². The molecule has 20 heavy (non-hydrogen) atoms. The van der Waals surface area contributed by atoms with Gasteiger partial charge in [-0.15, -0.1) is 11.3 Å². The minimum absolute atomic E-state index is 0.0394. The van der Waals surface area contributed by atoms with Crippen LogP contribution in [0.4, 0.5) is 10.8 Å². The van der Waals surface area contributed by atoms with E-state index in [0.717, 1.165) is 11.3 Å². The van der Waals surface area contributed by atoms with Gasteiger partial charge in [-0.25, -0.2) is 13.4 Å². The van der Waals surface area contributed by atoms with Gasteiger partial charge in [0.1, 0.15) is 0 Å². The molecule has 6 nitrogen and oxygen atoms in total. The molecule has 104 valence electrons. The molecule has 0 spiro atoms. The monoisotopic (exact) mass is 309 g/mol. The molecule has 0 fully saturated rings. The molecule has 3 rings (SSSR count). The predicted molar refractivity (Wildman–Crippen MR) is 76.5 cm³/mol. The van der Waals surface area contributed by atoms with Gasteiger partial charge in [0, 0.05) is 24.3 Å². The first-order chi connectivity index (χ1) is 9.47. The van der Waals surface area contributed by atoms with Crippen LogP contribution in [0.2, 0.25) is 0 Å². The SMILES string of the molecule is CN1C(=O)Cc2cc(S(=O)(=O)Nc3nccs3)ccc21. The number of benzene rings is 1. The maximum Gasteiger partial charge on any atom is 0.263 e. The topological polar surface area (TPSA) is 79.4 Å². The van der Waals surface area contributed by atoms with Crippen LogP contribution in [0, 0.1) is 0 Å². The highest BCUT2D eigenvalue weighted by molar-refractivity contribution is 7.93. The Morgan fingerprint density at radius 3 is 2.90 bits per heavy atom. The minimum Gasteiger partial charge on any atom is -0.315 e. The number of amides is 1. The van der Waals surface area contributed by atoms with Crippen LogP contribution in [0.3, 0.4) is 0 Å². The van der Waals surface area contributed by atoms with Crippen molar-refractivity contribution in [1.82, 2.24) is 4.98 Å². The molecule has 2 heterocycles. The maximum absolute atomic E-state index is 12.2. The van der Waals surface area contributed by atoms with Crippen LogP contribution in [0.15, 0.2) is 34.7 Å². The van der Waals surface area contributed by atoms with Gasteiger partial charge < -0.3 is 4.90 Å². The van der Waals surface area contributed by atoms with Gasteiger partial charge in [-0.3, -0.25) is 9.52 Å². The summed E-state index contributed by atoms with van der Waals surface area (Å²) >= 11 is 1.21. The molecule has 1 aliphatic heterocycles. The van der Waals surface area contributed by atoms with Crippen LogP contribution in [0.5, 0.6) is 0 Å². The fourth-order valence-electron chi connectivity index (χ4n) is 2.06. The molecule has 0 atom stereocenters. The van der Waals surface area contributed by atoms with E-state index in [-0.39, 0.29) is 17.2 Å². The first-order valence-electron chi connectivity index (χ1n) is 5.79. The number of sulfonamides is 1. The van der Waals surface area contributed by atoms with Gasteiger partial charge in [-0.1, -0.05) is 0 Å². The molecular formula is C12H11N3O3S2. The summed E-state index contributed by atoms with van der Waals surface area (Å²) in [7, 11) is -1.99. The molecule has 2 aromatic rings. The summed E-state index contributed by atoms with van der Waals surface area (Å²) in [4.78, 5) is 17.2. The van der Waals surface area contributed by atoms with E-state index in [1.807, 2.05) is 0 Å². The summed E-state index contributed by atoms with van der Waals surface area (Å²) in [5, 5.41) is 2.01. The normalized spacial score (nSPS) is 14.4. The molecule has 1 amide bonds. The average Bonchev–Trinajstić information content (AvgIpc) is 2.98. The van der Waals surface area contributed by atoms with Gasteiger partial charge in [-0.05, 0) is 23.8 Å². The van der Waals surface area contributed by atoms with Gasteiger partial charge in [0.15, 0.2) is 5.13 Å². The second kappa shape index (κ2) is 4.57.